The van der Waals surface area contributed by atoms with Crippen molar-refractivity contribution in [2.45, 2.75) is 45.2 Å². The number of hydrogen-bond acceptors (Lipinski definition) is 3. The molecule has 1 aliphatic rings. The van der Waals surface area contributed by atoms with E-state index >= 15 is 0 Å². The van der Waals surface area contributed by atoms with E-state index < -0.39 is 0 Å². The van der Waals surface area contributed by atoms with Gasteiger partial charge in [-0.25, -0.2) is 0 Å². The van der Waals surface area contributed by atoms with Gasteiger partial charge in [0.2, 0.25) is 0 Å². The molecular weight excluding hydrogens is 210 g/mol. The molecule has 1 saturated heterocycles. The number of nitrogens with one attached hydrogen (secondary N) is 1. The summed E-state index contributed by atoms with van der Waals surface area (Å²) in [6, 6.07) is 1.35. The van der Waals surface area contributed by atoms with Crippen LogP contribution >= 0.6 is 0 Å². The zero-order chi connectivity index (χ0) is 12.8. The SMILES string of the molecule is CC(C)C(CN(C)C)NCC1CCCCN1C. The van der Waals surface area contributed by atoms with Gasteiger partial charge in [-0.05, 0) is 46.4 Å². The van der Waals surface area contributed by atoms with Gasteiger partial charge in [0.25, 0.3) is 0 Å². The number of likely N-dealkylation sites (tertiary alicyclic amines) is 1. The molecule has 1 rings (SSSR count). The summed E-state index contributed by atoms with van der Waals surface area (Å²) >= 11 is 0. The lowest BCUT2D eigenvalue weighted by Gasteiger charge is -2.35. The van der Waals surface area contributed by atoms with E-state index in [9.17, 15) is 0 Å². The Labute approximate surface area is 108 Å². The zero-order valence-corrected chi connectivity index (χ0v) is 12.4. The average Bonchev–Trinajstić information content (AvgIpc) is 2.25. The maximum atomic E-state index is 3.77. The van der Waals surface area contributed by atoms with Gasteiger partial charge in [-0.2, -0.15) is 0 Å². The summed E-state index contributed by atoms with van der Waals surface area (Å²) in [6.45, 7) is 8.17. The molecule has 0 bridgehead atoms. The molecule has 1 aliphatic heterocycles. The zero-order valence-electron chi connectivity index (χ0n) is 12.4. The molecule has 1 N–H and O–H groups in total. The van der Waals surface area contributed by atoms with E-state index in [1.807, 2.05) is 0 Å². The Morgan fingerprint density at radius 1 is 1.29 bits per heavy atom. The molecule has 3 nitrogen and oxygen atoms in total. The van der Waals surface area contributed by atoms with Crippen LogP contribution < -0.4 is 5.32 Å². The molecule has 17 heavy (non-hydrogen) atoms. The molecule has 0 aromatic rings. The predicted octanol–water partition coefficient (Wildman–Crippen LogP) is 1.65. The van der Waals surface area contributed by atoms with Crippen LogP contribution in [-0.2, 0) is 0 Å². The van der Waals surface area contributed by atoms with E-state index in [4.69, 9.17) is 0 Å². The van der Waals surface area contributed by atoms with Gasteiger partial charge in [0.1, 0.15) is 0 Å². The topological polar surface area (TPSA) is 18.5 Å². The summed E-state index contributed by atoms with van der Waals surface area (Å²) in [6.07, 6.45) is 4.13. The second-order valence-electron chi connectivity index (χ2n) is 6.15. The molecule has 0 radical (unpaired) electrons. The highest BCUT2D eigenvalue weighted by Crippen LogP contribution is 2.14. The monoisotopic (exact) mass is 241 g/mol. The van der Waals surface area contributed by atoms with Gasteiger partial charge >= 0.3 is 0 Å². The lowest BCUT2D eigenvalue weighted by atomic mass is 10.0. The highest BCUT2D eigenvalue weighted by Gasteiger charge is 2.21. The number of likely N-dealkylation sites (N-methyl/N-ethyl adjacent to an activating group) is 2. The smallest absolute Gasteiger partial charge is 0.0218 e. The van der Waals surface area contributed by atoms with Gasteiger partial charge in [-0.3, -0.25) is 0 Å². The van der Waals surface area contributed by atoms with E-state index in [-0.39, 0.29) is 0 Å². The highest BCUT2D eigenvalue weighted by molar-refractivity contribution is 4.80. The highest BCUT2D eigenvalue weighted by atomic mass is 15.2. The van der Waals surface area contributed by atoms with Crippen molar-refractivity contribution in [1.29, 1.82) is 0 Å². The van der Waals surface area contributed by atoms with Crippen LogP contribution in [0.2, 0.25) is 0 Å². The van der Waals surface area contributed by atoms with Crippen molar-refractivity contribution in [2.75, 3.05) is 40.8 Å². The normalized spacial score (nSPS) is 24.5. The van der Waals surface area contributed by atoms with Crippen molar-refractivity contribution in [2.24, 2.45) is 5.92 Å². The van der Waals surface area contributed by atoms with Crippen molar-refractivity contribution >= 4 is 0 Å². The van der Waals surface area contributed by atoms with Crippen molar-refractivity contribution in [3.05, 3.63) is 0 Å². The maximum Gasteiger partial charge on any atom is 0.0218 e. The van der Waals surface area contributed by atoms with Crippen LogP contribution in [0.1, 0.15) is 33.1 Å². The quantitative estimate of drug-likeness (QED) is 0.763. The molecule has 1 fully saturated rings. The van der Waals surface area contributed by atoms with Crippen LogP contribution in [0.3, 0.4) is 0 Å². The summed E-state index contributed by atoms with van der Waals surface area (Å²) in [7, 11) is 6.58. The van der Waals surface area contributed by atoms with Crippen LogP contribution in [0.15, 0.2) is 0 Å². The summed E-state index contributed by atoms with van der Waals surface area (Å²) in [5.74, 6) is 0.700. The van der Waals surface area contributed by atoms with Crippen LogP contribution in [0.4, 0.5) is 0 Å². The van der Waals surface area contributed by atoms with Gasteiger partial charge in [0.05, 0.1) is 0 Å². The number of nitrogens with zero attached hydrogens (tertiary/aromatic N) is 2. The third-order valence-corrected chi connectivity index (χ3v) is 3.90. The van der Waals surface area contributed by atoms with E-state index in [0.29, 0.717) is 12.0 Å². The fourth-order valence-corrected chi connectivity index (χ4v) is 2.59. The van der Waals surface area contributed by atoms with Gasteiger partial charge in [-0.1, -0.05) is 20.3 Å². The minimum absolute atomic E-state index is 0.611. The Bertz CT molecular complexity index is 204. The van der Waals surface area contributed by atoms with Gasteiger partial charge in [0, 0.05) is 25.2 Å². The van der Waals surface area contributed by atoms with E-state index in [2.05, 4.69) is 50.1 Å². The average molecular weight is 241 g/mol. The lowest BCUT2D eigenvalue weighted by Crippen LogP contribution is -2.49. The molecule has 2 atom stereocenters. The van der Waals surface area contributed by atoms with Gasteiger partial charge in [0.15, 0.2) is 0 Å². The number of hydrogen-bond donors (Lipinski definition) is 1. The second kappa shape index (κ2) is 7.34. The third-order valence-electron chi connectivity index (χ3n) is 3.90. The number of rotatable bonds is 6. The van der Waals surface area contributed by atoms with Crippen LogP contribution in [0.25, 0.3) is 0 Å². The molecule has 0 aromatic heterocycles. The largest absolute Gasteiger partial charge is 0.311 e. The predicted molar refractivity (Wildman–Crippen MR) is 75.5 cm³/mol. The Morgan fingerprint density at radius 3 is 2.53 bits per heavy atom. The molecule has 1 heterocycles. The first-order chi connectivity index (χ1) is 8.00. The molecule has 0 aromatic carbocycles. The summed E-state index contributed by atoms with van der Waals surface area (Å²) in [5.41, 5.74) is 0. The first-order valence-electron chi connectivity index (χ1n) is 7.09. The second-order valence-corrected chi connectivity index (χ2v) is 6.15. The first-order valence-corrected chi connectivity index (χ1v) is 7.09. The first kappa shape index (κ1) is 14.9. The lowest BCUT2D eigenvalue weighted by molar-refractivity contribution is 0.169. The third kappa shape index (κ3) is 5.36. The van der Waals surface area contributed by atoms with Crippen molar-refractivity contribution in [1.82, 2.24) is 15.1 Å². The van der Waals surface area contributed by atoms with Crippen LogP contribution in [-0.4, -0.2) is 62.7 Å². The summed E-state index contributed by atoms with van der Waals surface area (Å²) in [4.78, 5) is 4.80. The Hall–Kier alpha value is -0.120. The Morgan fingerprint density at radius 2 is 2.00 bits per heavy atom. The summed E-state index contributed by atoms with van der Waals surface area (Å²) in [5, 5.41) is 3.77. The molecule has 0 aliphatic carbocycles. The van der Waals surface area contributed by atoms with Crippen molar-refractivity contribution in [3.8, 4) is 0 Å². The molecule has 0 saturated carbocycles. The van der Waals surface area contributed by atoms with Crippen LogP contribution in [0.5, 0.6) is 0 Å². The van der Waals surface area contributed by atoms with E-state index in [1.165, 1.54) is 25.8 Å². The van der Waals surface area contributed by atoms with Crippen molar-refractivity contribution < 1.29 is 0 Å². The van der Waals surface area contributed by atoms with E-state index in [1.54, 1.807) is 0 Å². The Kier molecular flexibility index (Phi) is 6.45. The fraction of sp³-hybridized carbons (Fsp3) is 1.00. The Balaban J connectivity index is 2.34. The molecule has 0 spiro atoms. The summed E-state index contributed by atoms with van der Waals surface area (Å²) < 4.78 is 0. The molecule has 0 amide bonds. The minimum Gasteiger partial charge on any atom is -0.311 e. The maximum absolute atomic E-state index is 3.77. The standard InChI is InChI=1S/C14H31N3/c1-12(2)14(11-16(3)4)15-10-13-8-6-7-9-17(13)5/h12-15H,6-11H2,1-5H3. The van der Waals surface area contributed by atoms with Crippen molar-refractivity contribution in [3.63, 3.8) is 0 Å². The minimum atomic E-state index is 0.611. The van der Waals surface area contributed by atoms with E-state index in [0.717, 1.165) is 19.1 Å². The van der Waals surface area contributed by atoms with Crippen LogP contribution in [0, 0.1) is 5.92 Å². The fourth-order valence-electron chi connectivity index (χ4n) is 2.59. The molecular formula is C14H31N3. The molecule has 102 valence electrons. The number of piperidine rings is 1. The molecule has 3 heteroatoms. The van der Waals surface area contributed by atoms with Gasteiger partial charge < -0.3 is 15.1 Å². The molecule has 2 unspecified atom stereocenters. The van der Waals surface area contributed by atoms with Gasteiger partial charge in [-0.15, -0.1) is 0 Å².